The number of hydrogen-bond acceptors (Lipinski definition) is 6. The van der Waals surface area contributed by atoms with Gasteiger partial charge in [0.2, 0.25) is 0 Å². The number of halogens is 1. The van der Waals surface area contributed by atoms with Crippen molar-refractivity contribution >= 4 is 41.2 Å². The minimum Gasteiger partial charge on any atom is -0.491 e. The van der Waals surface area contributed by atoms with E-state index in [4.69, 9.17) is 9.84 Å². The van der Waals surface area contributed by atoms with Gasteiger partial charge in [0.05, 0.1) is 22.6 Å². The van der Waals surface area contributed by atoms with Gasteiger partial charge in [-0.05, 0) is 68.8 Å². The molecule has 0 bridgehead atoms. The predicted octanol–water partition coefficient (Wildman–Crippen LogP) is 6.81. The van der Waals surface area contributed by atoms with E-state index in [0.29, 0.717) is 12.5 Å². The van der Waals surface area contributed by atoms with Crippen LogP contribution < -0.4 is 9.64 Å². The van der Waals surface area contributed by atoms with Gasteiger partial charge in [-0.25, -0.2) is 4.39 Å². The summed E-state index contributed by atoms with van der Waals surface area (Å²) >= 11 is 3.51. The van der Waals surface area contributed by atoms with Gasteiger partial charge in [0.1, 0.15) is 17.9 Å². The lowest BCUT2D eigenvalue weighted by molar-refractivity contribution is -0.116. The summed E-state index contributed by atoms with van der Waals surface area (Å²) < 4.78 is 19.7. The molecule has 3 rings (SSSR count). The maximum atomic E-state index is 13.6. The van der Waals surface area contributed by atoms with Crippen LogP contribution in [0.1, 0.15) is 40.0 Å². The van der Waals surface area contributed by atoms with Gasteiger partial charge in [-0.2, -0.15) is 0 Å². The molecule has 0 spiro atoms. The Morgan fingerprint density at radius 2 is 1.97 bits per heavy atom. The van der Waals surface area contributed by atoms with E-state index in [0.717, 1.165) is 47.7 Å². The van der Waals surface area contributed by atoms with Crippen LogP contribution >= 0.6 is 23.5 Å². The lowest BCUT2D eigenvalue weighted by Crippen LogP contribution is -2.25. The van der Waals surface area contributed by atoms with Crippen LogP contribution in [0.3, 0.4) is 0 Å². The van der Waals surface area contributed by atoms with Crippen molar-refractivity contribution < 1.29 is 19.0 Å². The summed E-state index contributed by atoms with van der Waals surface area (Å²) in [4.78, 5) is 15.8. The Bertz CT molecular complexity index is 890. The molecule has 0 saturated heterocycles. The number of benzene rings is 2. The van der Waals surface area contributed by atoms with E-state index in [1.807, 2.05) is 44.0 Å². The maximum Gasteiger partial charge on any atom is 0.134 e. The molecule has 2 aromatic rings. The number of carbonyl (C=O) groups is 1. The molecule has 4 nitrogen and oxygen atoms in total. The molecule has 33 heavy (non-hydrogen) atoms. The highest BCUT2D eigenvalue weighted by Crippen LogP contribution is 2.45. The van der Waals surface area contributed by atoms with Crippen molar-refractivity contribution in [2.24, 2.45) is 11.3 Å². The first-order valence-corrected chi connectivity index (χ1v) is 13.5. The number of aliphatic hydroxyl groups is 1. The van der Waals surface area contributed by atoms with Crippen LogP contribution in [0.15, 0.2) is 46.2 Å². The molecule has 0 saturated carbocycles. The van der Waals surface area contributed by atoms with E-state index in [2.05, 4.69) is 24.0 Å². The van der Waals surface area contributed by atoms with Crippen LogP contribution in [0.2, 0.25) is 0 Å². The molecule has 1 unspecified atom stereocenters. The highest BCUT2D eigenvalue weighted by molar-refractivity contribution is 7.99. The Morgan fingerprint density at radius 1 is 1.27 bits per heavy atom. The quantitative estimate of drug-likeness (QED) is 0.306. The average Bonchev–Trinajstić information content (AvgIpc) is 3.01. The molecule has 182 valence electrons. The van der Waals surface area contributed by atoms with Gasteiger partial charge in [-0.3, -0.25) is 0 Å². The summed E-state index contributed by atoms with van der Waals surface area (Å²) in [7, 11) is 1.00. The number of nitrogens with zero attached hydrogens (tertiary/aromatic N) is 1. The number of hydrogen-bond donors (Lipinski definition) is 1. The number of carbonyl (C=O) groups excluding carboxylic acids is 1. The summed E-state index contributed by atoms with van der Waals surface area (Å²) in [5.74, 6) is 2.20. The van der Waals surface area contributed by atoms with Crippen molar-refractivity contribution in [3.05, 3.63) is 42.2 Å². The predicted molar refractivity (Wildman–Crippen MR) is 139 cm³/mol. The number of unbranched alkanes of at least 4 members (excludes halogenated alkanes) is 1. The third-order valence-corrected chi connectivity index (χ3v) is 7.51. The summed E-state index contributed by atoms with van der Waals surface area (Å²) in [6.07, 6.45) is 6.56. The average molecular weight is 494 g/mol. The molecule has 1 aliphatic heterocycles. The van der Waals surface area contributed by atoms with Gasteiger partial charge in [0.15, 0.2) is 0 Å². The van der Waals surface area contributed by atoms with Crippen LogP contribution in [-0.2, 0) is 4.79 Å². The molecule has 7 heteroatoms. The molecule has 1 heterocycles. The van der Waals surface area contributed by atoms with E-state index >= 15 is 0 Å². The maximum absolute atomic E-state index is 13.6. The molecule has 1 N–H and O–H groups in total. The number of ether oxygens (including phenoxy) is 1. The van der Waals surface area contributed by atoms with Gasteiger partial charge in [-0.1, -0.05) is 19.8 Å². The van der Waals surface area contributed by atoms with Crippen molar-refractivity contribution in [1.82, 2.24) is 0 Å². The topological polar surface area (TPSA) is 49.8 Å². The van der Waals surface area contributed by atoms with Gasteiger partial charge in [-0.15, -0.1) is 23.5 Å². The lowest BCUT2D eigenvalue weighted by Gasteiger charge is -2.28. The fourth-order valence-electron chi connectivity index (χ4n) is 3.58. The summed E-state index contributed by atoms with van der Waals surface area (Å²) in [5, 5.41) is 7.00. The number of aliphatic hydroxyl groups excluding tert-OH is 1. The van der Waals surface area contributed by atoms with Gasteiger partial charge in [0, 0.05) is 30.0 Å². The van der Waals surface area contributed by atoms with Gasteiger partial charge < -0.3 is 19.5 Å². The Hall–Kier alpha value is -1.70. The molecular weight excluding hydrogens is 457 g/mol. The summed E-state index contributed by atoms with van der Waals surface area (Å²) in [6, 6.07) is 11.1. The normalized spacial score (nSPS) is 15.7. The van der Waals surface area contributed by atoms with Crippen LogP contribution in [0.25, 0.3) is 0 Å². The number of aldehydes is 1. The van der Waals surface area contributed by atoms with Gasteiger partial charge >= 0.3 is 0 Å². The Balaban J connectivity index is 0.00000187. The smallest absolute Gasteiger partial charge is 0.134 e. The zero-order valence-electron chi connectivity index (χ0n) is 20.3. The minimum absolute atomic E-state index is 0.220. The molecule has 0 aromatic heterocycles. The van der Waals surface area contributed by atoms with Crippen LogP contribution in [0.5, 0.6) is 5.75 Å². The van der Waals surface area contributed by atoms with Crippen molar-refractivity contribution in [1.29, 1.82) is 0 Å². The van der Waals surface area contributed by atoms with E-state index in [1.165, 1.54) is 36.3 Å². The first-order chi connectivity index (χ1) is 15.9. The number of thioether (sulfide) groups is 2. The van der Waals surface area contributed by atoms with Crippen molar-refractivity contribution in [3.8, 4) is 5.75 Å². The third-order valence-electron chi connectivity index (χ3n) is 5.47. The SMILES string of the molecule is CCCCC1CSc2cc(OCC(C)(C)C=O)c(SC)cc2N(c2ccc(F)cc2)C1.CO. The molecule has 2 aromatic carbocycles. The monoisotopic (exact) mass is 493 g/mol. The highest BCUT2D eigenvalue weighted by Gasteiger charge is 2.26. The standard InChI is InChI=1S/C25H32FNO2S2.CH4O/c1-5-6-7-18-14-27(20-10-8-19(26)9-11-20)21-12-24(30-4)22(13-23(21)31-15-18)29-17-25(2,3)16-28;1-2/h8-13,16,18H,5-7,14-15,17H2,1-4H3;2H,1H3. The van der Waals surface area contributed by atoms with Crippen LogP contribution in [-0.4, -0.2) is 43.7 Å². The molecule has 0 aliphatic carbocycles. The summed E-state index contributed by atoms with van der Waals surface area (Å²) in [6.45, 7) is 7.24. The van der Waals surface area contributed by atoms with Crippen molar-refractivity contribution in [2.45, 2.75) is 49.8 Å². The fourth-order valence-corrected chi connectivity index (χ4v) is 5.32. The Kier molecular flexibility index (Phi) is 11.1. The minimum atomic E-state index is -0.527. The second kappa shape index (κ2) is 13.3. The zero-order valence-corrected chi connectivity index (χ0v) is 21.9. The molecular formula is C26H36FNO3S2. The Labute approximate surface area is 206 Å². The number of rotatable bonds is 9. The van der Waals surface area contributed by atoms with Crippen molar-refractivity contribution in [3.63, 3.8) is 0 Å². The Morgan fingerprint density at radius 3 is 2.58 bits per heavy atom. The molecule has 0 radical (unpaired) electrons. The summed E-state index contributed by atoms with van der Waals surface area (Å²) in [5.41, 5.74) is 1.62. The van der Waals surface area contributed by atoms with E-state index in [1.54, 1.807) is 11.8 Å². The number of anilines is 2. The second-order valence-electron chi connectivity index (χ2n) is 8.77. The zero-order chi connectivity index (χ0) is 24.4. The largest absolute Gasteiger partial charge is 0.491 e. The molecule has 0 fully saturated rings. The lowest BCUT2D eigenvalue weighted by atomic mass is 9.98. The fraction of sp³-hybridized carbons (Fsp3) is 0.500. The van der Waals surface area contributed by atoms with Crippen LogP contribution in [0, 0.1) is 17.2 Å². The van der Waals surface area contributed by atoms with Crippen molar-refractivity contribution in [2.75, 3.05) is 37.2 Å². The third kappa shape index (κ3) is 7.66. The van der Waals surface area contributed by atoms with E-state index in [9.17, 15) is 9.18 Å². The first kappa shape index (κ1) is 27.5. The first-order valence-electron chi connectivity index (χ1n) is 11.3. The second-order valence-corrected chi connectivity index (χ2v) is 10.7. The number of fused-ring (bicyclic) bond motifs is 1. The molecule has 1 atom stereocenters. The molecule has 0 amide bonds. The van der Waals surface area contributed by atoms with Gasteiger partial charge in [0.25, 0.3) is 0 Å². The van der Waals surface area contributed by atoms with E-state index < -0.39 is 5.41 Å². The van der Waals surface area contributed by atoms with E-state index in [-0.39, 0.29) is 5.82 Å². The molecule has 1 aliphatic rings. The van der Waals surface area contributed by atoms with Crippen LogP contribution in [0.4, 0.5) is 15.8 Å². The highest BCUT2D eigenvalue weighted by atomic mass is 32.2.